The number of rotatable bonds is 5. The number of thioether (sulfide) groups is 1. The molecular weight excluding hydrogens is 314 g/mol. The van der Waals surface area contributed by atoms with Crippen LogP contribution in [0, 0.1) is 0 Å². The molecular formula is C17H17NO2S2. The van der Waals surface area contributed by atoms with Crippen LogP contribution in [-0.4, -0.2) is 16.8 Å². The van der Waals surface area contributed by atoms with Gasteiger partial charge in [0.15, 0.2) is 0 Å². The van der Waals surface area contributed by atoms with E-state index in [0.717, 1.165) is 12.0 Å². The van der Waals surface area contributed by atoms with Crippen molar-refractivity contribution in [3.63, 3.8) is 0 Å². The molecule has 2 aliphatic rings. The molecule has 0 aromatic rings. The van der Waals surface area contributed by atoms with Crippen molar-refractivity contribution in [1.29, 1.82) is 0 Å². The maximum absolute atomic E-state index is 11.7. The van der Waals surface area contributed by atoms with Crippen LogP contribution in [0.1, 0.15) is 13.3 Å². The summed E-state index contributed by atoms with van der Waals surface area (Å²) in [6, 6.07) is 0. The third-order valence-corrected chi connectivity index (χ3v) is 4.12. The van der Waals surface area contributed by atoms with E-state index in [1.54, 1.807) is 18.2 Å². The summed E-state index contributed by atoms with van der Waals surface area (Å²) in [6.45, 7) is 6.20. The largest absolute Gasteiger partial charge is 0.489 e. The summed E-state index contributed by atoms with van der Waals surface area (Å²) in [5.41, 5.74) is 2.38. The Labute approximate surface area is 140 Å². The van der Waals surface area contributed by atoms with Crippen molar-refractivity contribution < 1.29 is 9.53 Å². The molecule has 1 aliphatic carbocycles. The smallest absolute Gasteiger partial charge is 0.263 e. The van der Waals surface area contributed by atoms with E-state index in [1.165, 1.54) is 17.3 Å². The van der Waals surface area contributed by atoms with Gasteiger partial charge in [-0.25, -0.2) is 0 Å². The molecule has 1 heterocycles. The Morgan fingerprint density at radius 3 is 3.05 bits per heavy atom. The molecule has 3 nitrogen and oxygen atoms in total. The molecule has 2 rings (SSSR count). The van der Waals surface area contributed by atoms with Crippen molar-refractivity contribution >= 4 is 34.2 Å². The van der Waals surface area contributed by atoms with Gasteiger partial charge >= 0.3 is 0 Å². The topological polar surface area (TPSA) is 38.3 Å². The molecule has 0 aromatic heterocycles. The normalized spacial score (nSPS) is 20.4. The number of carbonyl (C=O) groups excluding carboxylic acids is 1. The van der Waals surface area contributed by atoms with Gasteiger partial charge in [0.05, 0.1) is 4.91 Å². The van der Waals surface area contributed by atoms with Crippen LogP contribution in [0.3, 0.4) is 0 Å². The second kappa shape index (κ2) is 7.96. The zero-order chi connectivity index (χ0) is 15.9. The van der Waals surface area contributed by atoms with Crippen molar-refractivity contribution in [2.45, 2.75) is 13.3 Å². The van der Waals surface area contributed by atoms with E-state index in [0.29, 0.717) is 21.6 Å². The summed E-state index contributed by atoms with van der Waals surface area (Å²) in [5, 5.41) is 2.58. The number of hydrogen-bond donors (Lipinski definition) is 1. The monoisotopic (exact) mass is 331 g/mol. The Bertz CT molecular complexity index is 652. The minimum absolute atomic E-state index is 0.194. The molecule has 0 spiro atoms. The Kier molecular flexibility index (Phi) is 5.98. The van der Waals surface area contributed by atoms with Gasteiger partial charge in [0.1, 0.15) is 16.7 Å². The van der Waals surface area contributed by atoms with E-state index in [2.05, 4.69) is 37.0 Å². The van der Waals surface area contributed by atoms with Crippen LogP contribution in [-0.2, 0) is 9.53 Å². The van der Waals surface area contributed by atoms with Crippen molar-refractivity contribution in [1.82, 2.24) is 5.32 Å². The van der Waals surface area contributed by atoms with Crippen LogP contribution >= 0.6 is 24.0 Å². The average Bonchev–Trinajstić information content (AvgIpc) is 2.66. The lowest BCUT2D eigenvalue weighted by Gasteiger charge is -2.07. The standard InChI is InChI=1S/C17H17NO2S2/c1-3-5-14(10-15-16(19)18-17(21)22-15)20-11-13-7-4-6-12(2)8-9-13/h3-5,7-10H,1,6,11H2,2H3,(H,18,19,21)/b14-5-,15-10+. The van der Waals surface area contributed by atoms with E-state index < -0.39 is 0 Å². The highest BCUT2D eigenvalue weighted by atomic mass is 32.2. The number of nitrogens with one attached hydrogen (secondary N) is 1. The van der Waals surface area contributed by atoms with Crippen molar-refractivity contribution in [3.05, 3.63) is 70.9 Å². The van der Waals surface area contributed by atoms with Gasteiger partial charge in [-0.15, -0.1) is 0 Å². The van der Waals surface area contributed by atoms with Crippen molar-refractivity contribution in [2.24, 2.45) is 0 Å². The SMILES string of the molecule is C=C/C=C(/C=C1/SC(=S)NC1=O)OCC1=CC=C(C)CC=C1. The van der Waals surface area contributed by atoms with Gasteiger partial charge in [-0.05, 0) is 31.1 Å². The Morgan fingerprint density at radius 1 is 1.55 bits per heavy atom. The third-order valence-electron chi connectivity index (χ3n) is 2.96. The maximum atomic E-state index is 11.7. The van der Waals surface area contributed by atoms with E-state index in [-0.39, 0.29) is 5.91 Å². The molecule has 22 heavy (non-hydrogen) atoms. The molecule has 0 bridgehead atoms. The van der Waals surface area contributed by atoms with Gasteiger partial charge in [0, 0.05) is 0 Å². The highest BCUT2D eigenvalue weighted by molar-refractivity contribution is 8.26. The molecule has 1 saturated heterocycles. The van der Waals surface area contributed by atoms with Crippen LogP contribution < -0.4 is 5.32 Å². The summed E-state index contributed by atoms with van der Waals surface area (Å²) in [6.07, 6.45) is 14.3. The minimum Gasteiger partial charge on any atom is -0.489 e. The van der Waals surface area contributed by atoms with Gasteiger partial charge in [-0.1, -0.05) is 66.5 Å². The first-order valence-corrected chi connectivity index (χ1v) is 8.04. The predicted octanol–water partition coefficient (Wildman–Crippen LogP) is 3.94. The van der Waals surface area contributed by atoms with E-state index in [9.17, 15) is 4.79 Å². The zero-order valence-corrected chi connectivity index (χ0v) is 13.9. The van der Waals surface area contributed by atoms with Gasteiger partial charge in [0.25, 0.3) is 5.91 Å². The second-order valence-corrected chi connectivity index (χ2v) is 6.53. The highest BCUT2D eigenvalue weighted by Gasteiger charge is 2.22. The number of carbonyl (C=O) groups is 1. The van der Waals surface area contributed by atoms with Gasteiger partial charge in [-0.3, -0.25) is 4.79 Å². The van der Waals surface area contributed by atoms with Gasteiger partial charge in [0.2, 0.25) is 0 Å². The molecule has 0 radical (unpaired) electrons. The molecule has 1 aliphatic heterocycles. The average molecular weight is 331 g/mol. The molecule has 5 heteroatoms. The van der Waals surface area contributed by atoms with Gasteiger partial charge in [-0.2, -0.15) is 0 Å². The molecule has 0 saturated carbocycles. The fourth-order valence-electron chi connectivity index (χ4n) is 1.84. The number of amides is 1. The number of ether oxygens (including phenoxy) is 1. The molecule has 1 N–H and O–H groups in total. The number of thiocarbonyl (C=S) groups is 1. The number of allylic oxidation sites excluding steroid dienone is 7. The minimum atomic E-state index is -0.194. The Morgan fingerprint density at radius 2 is 2.36 bits per heavy atom. The molecule has 0 unspecified atom stereocenters. The summed E-state index contributed by atoms with van der Waals surface area (Å²) < 4.78 is 6.25. The maximum Gasteiger partial charge on any atom is 0.263 e. The molecule has 1 amide bonds. The lowest BCUT2D eigenvalue weighted by Crippen LogP contribution is -2.17. The van der Waals surface area contributed by atoms with E-state index >= 15 is 0 Å². The summed E-state index contributed by atoms with van der Waals surface area (Å²) in [4.78, 5) is 12.2. The van der Waals surface area contributed by atoms with Crippen LogP contribution in [0.15, 0.2) is 70.9 Å². The molecule has 0 atom stereocenters. The Hall–Kier alpha value is -1.85. The highest BCUT2D eigenvalue weighted by Crippen LogP contribution is 2.25. The first-order chi connectivity index (χ1) is 10.6. The molecule has 0 aromatic carbocycles. The number of hydrogen-bond acceptors (Lipinski definition) is 4. The zero-order valence-electron chi connectivity index (χ0n) is 12.3. The van der Waals surface area contributed by atoms with E-state index in [4.69, 9.17) is 17.0 Å². The quantitative estimate of drug-likeness (QED) is 0.358. The fraction of sp³-hybridized carbons (Fsp3) is 0.176. The summed E-state index contributed by atoms with van der Waals surface area (Å²) in [5.74, 6) is 0.386. The lowest BCUT2D eigenvalue weighted by atomic mass is 10.2. The van der Waals surface area contributed by atoms with Crippen LogP contribution in [0.4, 0.5) is 0 Å². The van der Waals surface area contributed by atoms with Gasteiger partial charge < -0.3 is 10.1 Å². The van der Waals surface area contributed by atoms with Crippen LogP contribution in [0.2, 0.25) is 0 Å². The molecule has 1 fully saturated rings. The summed E-state index contributed by atoms with van der Waals surface area (Å²) >= 11 is 6.20. The van der Waals surface area contributed by atoms with Crippen molar-refractivity contribution in [2.75, 3.05) is 6.61 Å². The van der Waals surface area contributed by atoms with Crippen molar-refractivity contribution in [3.8, 4) is 0 Å². The van der Waals surface area contributed by atoms with Crippen LogP contribution in [0.5, 0.6) is 0 Å². The second-order valence-electron chi connectivity index (χ2n) is 4.81. The predicted molar refractivity (Wildman–Crippen MR) is 96.2 cm³/mol. The first-order valence-electron chi connectivity index (χ1n) is 6.81. The lowest BCUT2D eigenvalue weighted by molar-refractivity contribution is -0.115. The summed E-state index contributed by atoms with van der Waals surface area (Å²) in [7, 11) is 0. The fourth-order valence-corrected chi connectivity index (χ4v) is 2.86. The third kappa shape index (κ3) is 4.86. The Balaban J connectivity index is 2.06. The molecule has 114 valence electrons. The first kappa shape index (κ1) is 16.5. The van der Waals surface area contributed by atoms with Crippen LogP contribution in [0.25, 0.3) is 0 Å². The van der Waals surface area contributed by atoms with E-state index in [1.807, 2.05) is 6.08 Å².